The number of imide groups is 1. The van der Waals surface area contributed by atoms with Crippen molar-refractivity contribution in [1.29, 1.82) is 0 Å². The average Bonchev–Trinajstić information content (AvgIpc) is 1.99. The van der Waals surface area contributed by atoms with Crippen LogP contribution in [-0.4, -0.2) is 29.4 Å². The third-order valence-corrected chi connectivity index (χ3v) is 2.47. The smallest absolute Gasteiger partial charge is 0.324 e. The van der Waals surface area contributed by atoms with Crippen LogP contribution >= 0.6 is 0 Å². The van der Waals surface area contributed by atoms with Gasteiger partial charge in [-0.2, -0.15) is 0 Å². The van der Waals surface area contributed by atoms with E-state index >= 15 is 0 Å². The van der Waals surface area contributed by atoms with Gasteiger partial charge in [-0.25, -0.2) is 4.79 Å². The predicted molar refractivity (Wildman–Crippen MR) is 58.4 cm³/mol. The Balaban J connectivity index is 2.61. The van der Waals surface area contributed by atoms with Crippen molar-refractivity contribution in [2.45, 2.75) is 46.6 Å². The Morgan fingerprint density at radius 1 is 1.40 bits per heavy atom. The molecule has 0 bridgehead atoms. The fraction of sp³-hybridized carbons (Fsp3) is 0.818. The number of amides is 3. The van der Waals surface area contributed by atoms with Gasteiger partial charge in [-0.15, -0.1) is 0 Å². The van der Waals surface area contributed by atoms with Crippen LogP contribution in [0.4, 0.5) is 4.79 Å². The third kappa shape index (κ3) is 3.22. The van der Waals surface area contributed by atoms with E-state index in [9.17, 15) is 9.59 Å². The quantitative estimate of drug-likeness (QED) is 0.758. The number of rotatable bonds is 2. The van der Waals surface area contributed by atoms with E-state index in [2.05, 4.69) is 26.1 Å². The first-order chi connectivity index (χ1) is 6.83. The maximum Gasteiger partial charge on any atom is 0.324 e. The van der Waals surface area contributed by atoms with Gasteiger partial charge in [0.05, 0.1) is 0 Å². The van der Waals surface area contributed by atoms with Crippen LogP contribution in [0.25, 0.3) is 0 Å². The summed E-state index contributed by atoms with van der Waals surface area (Å²) in [5, 5.41) is 2.87. The lowest BCUT2D eigenvalue weighted by molar-refractivity contribution is -0.130. The summed E-state index contributed by atoms with van der Waals surface area (Å²) in [4.78, 5) is 24.4. The van der Waals surface area contributed by atoms with Crippen LogP contribution in [0, 0.1) is 5.41 Å². The Labute approximate surface area is 91.0 Å². The molecule has 1 fully saturated rings. The minimum absolute atomic E-state index is 0.00667. The zero-order valence-electron chi connectivity index (χ0n) is 9.96. The first kappa shape index (κ1) is 12.0. The summed E-state index contributed by atoms with van der Waals surface area (Å²) in [6, 6.07) is -0.254. The number of nitrogens with zero attached hydrogens (tertiary/aromatic N) is 1. The lowest BCUT2D eigenvalue weighted by Gasteiger charge is -2.33. The predicted octanol–water partition coefficient (Wildman–Crippen LogP) is 1.75. The molecule has 0 aromatic rings. The largest absolute Gasteiger partial charge is 0.334 e. The number of hydrogen-bond acceptors (Lipinski definition) is 2. The first-order valence-electron chi connectivity index (χ1n) is 5.44. The van der Waals surface area contributed by atoms with E-state index in [4.69, 9.17) is 0 Å². The van der Waals surface area contributed by atoms with E-state index < -0.39 is 0 Å². The monoisotopic (exact) mass is 212 g/mol. The van der Waals surface area contributed by atoms with Crippen molar-refractivity contribution in [3.63, 3.8) is 0 Å². The highest BCUT2D eigenvalue weighted by molar-refractivity contribution is 5.97. The van der Waals surface area contributed by atoms with E-state index in [1.807, 2.05) is 6.92 Å². The Kier molecular flexibility index (Phi) is 3.37. The van der Waals surface area contributed by atoms with Gasteiger partial charge in [-0.1, -0.05) is 20.8 Å². The second-order valence-corrected chi connectivity index (χ2v) is 5.25. The van der Waals surface area contributed by atoms with Crippen molar-refractivity contribution < 1.29 is 9.59 Å². The molecule has 0 aromatic heterocycles. The van der Waals surface area contributed by atoms with E-state index in [0.29, 0.717) is 13.0 Å². The summed E-state index contributed by atoms with van der Waals surface area (Å²) in [6.07, 6.45) is 1.26. The molecule has 4 heteroatoms. The molecular weight excluding hydrogens is 192 g/mol. The SMILES string of the molecule is CCN1C(=O)CC(CC(C)(C)C)NC1=O. The van der Waals surface area contributed by atoms with Crippen molar-refractivity contribution in [3.05, 3.63) is 0 Å². The summed E-state index contributed by atoms with van der Waals surface area (Å²) >= 11 is 0. The topological polar surface area (TPSA) is 49.4 Å². The summed E-state index contributed by atoms with van der Waals surface area (Å²) in [7, 11) is 0. The zero-order chi connectivity index (χ0) is 11.6. The van der Waals surface area contributed by atoms with Gasteiger partial charge >= 0.3 is 6.03 Å². The van der Waals surface area contributed by atoms with Gasteiger partial charge in [-0.05, 0) is 18.8 Å². The van der Waals surface area contributed by atoms with Gasteiger partial charge in [0.25, 0.3) is 0 Å². The molecule has 15 heavy (non-hydrogen) atoms. The number of urea groups is 1. The van der Waals surface area contributed by atoms with Crippen LogP contribution in [0.1, 0.15) is 40.5 Å². The molecule has 0 aliphatic carbocycles. The molecule has 1 atom stereocenters. The minimum Gasteiger partial charge on any atom is -0.334 e. The molecule has 1 heterocycles. The highest BCUT2D eigenvalue weighted by Crippen LogP contribution is 2.24. The van der Waals surface area contributed by atoms with Gasteiger partial charge in [0.15, 0.2) is 0 Å². The van der Waals surface area contributed by atoms with Crippen LogP contribution in [-0.2, 0) is 4.79 Å². The van der Waals surface area contributed by atoms with Crippen molar-refractivity contribution in [2.24, 2.45) is 5.41 Å². The van der Waals surface area contributed by atoms with Crippen molar-refractivity contribution in [1.82, 2.24) is 10.2 Å². The molecule has 1 unspecified atom stereocenters. The van der Waals surface area contributed by atoms with E-state index in [1.54, 1.807) is 0 Å². The summed E-state index contributed by atoms with van der Waals surface area (Å²) in [5.74, 6) is -0.0597. The summed E-state index contributed by atoms with van der Waals surface area (Å²) in [6.45, 7) is 8.58. The van der Waals surface area contributed by atoms with Gasteiger partial charge in [0.2, 0.25) is 5.91 Å². The van der Waals surface area contributed by atoms with Gasteiger partial charge < -0.3 is 5.32 Å². The Morgan fingerprint density at radius 3 is 2.40 bits per heavy atom. The molecule has 4 nitrogen and oxygen atoms in total. The van der Waals surface area contributed by atoms with E-state index in [0.717, 1.165) is 6.42 Å². The number of carbonyl (C=O) groups is 2. The van der Waals surface area contributed by atoms with Crippen molar-refractivity contribution in [3.8, 4) is 0 Å². The standard InChI is InChI=1S/C11H20N2O2/c1-5-13-9(14)6-8(12-10(13)15)7-11(2,3)4/h8H,5-7H2,1-4H3,(H,12,15). The molecular formula is C11H20N2O2. The maximum absolute atomic E-state index is 11.6. The molecule has 1 N–H and O–H groups in total. The zero-order valence-corrected chi connectivity index (χ0v) is 9.96. The molecule has 86 valence electrons. The molecule has 0 aromatic carbocycles. The Hall–Kier alpha value is -1.06. The molecule has 0 spiro atoms. The maximum atomic E-state index is 11.6. The molecule has 1 aliphatic rings. The average molecular weight is 212 g/mol. The molecule has 1 saturated heterocycles. The van der Waals surface area contributed by atoms with E-state index in [-0.39, 0.29) is 23.4 Å². The van der Waals surface area contributed by atoms with Crippen LogP contribution in [0.2, 0.25) is 0 Å². The van der Waals surface area contributed by atoms with Crippen molar-refractivity contribution in [2.75, 3.05) is 6.54 Å². The molecule has 3 amide bonds. The second-order valence-electron chi connectivity index (χ2n) is 5.25. The molecule has 1 aliphatic heterocycles. The number of hydrogen-bond donors (Lipinski definition) is 1. The Bertz CT molecular complexity index is 250. The van der Waals surface area contributed by atoms with Gasteiger partial charge in [-0.3, -0.25) is 9.69 Å². The van der Waals surface area contributed by atoms with Crippen LogP contribution < -0.4 is 5.32 Å². The van der Waals surface area contributed by atoms with Crippen molar-refractivity contribution >= 4 is 11.9 Å². The highest BCUT2D eigenvalue weighted by Gasteiger charge is 2.32. The summed E-state index contributed by atoms with van der Waals surface area (Å²) < 4.78 is 0. The number of carbonyl (C=O) groups excluding carboxylic acids is 2. The second kappa shape index (κ2) is 4.21. The molecule has 1 rings (SSSR count). The Morgan fingerprint density at radius 2 is 2.00 bits per heavy atom. The molecule has 0 radical (unpaired) electrons. The van der Waals surface area contributed by atoms with Crippen LogP contribution in [0.3, 0.4) is 0 Å². The fourth-order valence-electron chi connectivity index (χ4n) is 1.92. The lowest BCUT2D eigenvalue weighted by atomic mass is 9.86. The van der Waals surface area contributed by atoms with Crippen LogP contribution in [0.5, 0.6) is 0 Å². The minimum atomic E-state index is -0.247. The first-order valence-corrected chi connectivity index (χ1v) is 5.44. The van der Waals surface area contributed by atoms with Gasteiger partial charge in [0, 0.05) is 19.0 Å². The summed E-state index contributed by atoms with van der Waals surface area (Å²) in [5.41, 5.74) is 0.132. The highest BCUT2D eigenvalue weighted by atomic mass is 16.2. The lowest BCUT2D eigenvalue weighted by Crippen LogP contribution is -2.55. The van der Waals surface area contributed by atoms with Gasteiger partial charge in [0.1, 0.15) is 0 Å². The van der Waals surface area contributed by atoms with Crippen LogP contribution in [0.15, 0.2) is 0 Å². The van der Waals surface area contributed by atoms with E-state index in [1.165, 1.54) is 4.90 Å². The third-order valence-electron chi connectivity index (χ3n) is 2.47. The normalized spacial score (nSPS) is 22.9. The fourth-order valence-corrected chi connectivity index (χ4v) is 1.92. The number of nitrogens with one attached hydrogen (secondary N) is 1. The molecule has 0 saturated carbocycles.